The molecule has 0 atom stereocenters. The van der Waals surface area contributed by atoms with Crippen LogP contribution in [0.15, 0.2) is 41.3 Å². The van der Waals surface area contributed by atoms with Crippen LogP contribution < -0.4 is 9.64 Å². The van der Waals surface area contributed by atoms with Crippen LogP contribution in [0.1, 0.15) is 34.3 Å². The molecule has 2 aromatic carbocycles. The number of benzene rings is 2. The molecular formula is C24H31N3O4S. The lowest BCUT2D eigenvalue weighted by Gasteiger charge is -2.37. The van der Waals surface area contributed by atoms with Crippen LogP contribution in [-0.4, -0.2) is 69.9 Å². The Morgan fingerprint density at radius 3 is 2.22 bits per heavy atom. The summed E-state index contributed by atoms with van der Waals surface area (Å²) in [6.07, 6.45) is 1.80. The van der Waals surface area contributed by atoms with Crippen LogP contribution in [0.3, 0.4) is 0 Å². The number of methoxy groups -OCH3 is 1. The first kappa shape index (κ1) is 22.6. The Labute approximate surface area is 190 Å². The van der Waals surface area contributed by atoms with Crippen molar-refractivity contribution in [2.45, 2.75) is 31.6 Å². The number of hydrogen-bond donors (Lipinski definition) is 0. The van der Waals surface area contributed by atoms with E-state index in [4.69, 9.17) is 4.74 Å². The second-order valence-electron chi connectivity index (χ2n) is 8.54. The standard InChI is InChI=1S/C24H31N3O4S/c1-18-6-8-21(19(2)16-18)24(28)26-14-12-25(13-15-26)22-17-20(7-9-23(22)31-3)32(29,30)27-10-4-5-11-27/h6-9,16-17H,4-5,10-15H2,1-3H3. The summed E-state index contributed by atoms with van der Waals surface area (Å²) in [7, 11) is -1.92. The van der Waals surface area contributed by atoms with Crippen molar-refractivity contribution in [1.82, 2.24) is 9.21 Å². The maximum atomic E-state index is 13.0. The van der Waals surface area contributed by atoms with E-state index in [0.717, 1.165) is 35.2 Å². The Balaban J connectivity index is 1.52. The lowest BCUT2D eigenvalue weighted by molar-refractivity contribution is 0.0746. The minimum atomic E-state index is -3.51. The van der Waals surface area contributed by atoms with Crippen molar-refractivity contribution in [1.29, 1.82) is 0 Å². The average Bonchev–Trinajstić information content (AvgIpc) is 3.34. The Hall–Kier alpha value is -2.58. The second-order valence-corrected chi connectivity index (χ2v) is 10.5. The van der Waals surface area contributed by atoms with Gasteiger partial charge >= 0.3 is 0 Å². The average molecular weight is 458 g/mol. The minimum absolute atomic E-state index is 0.0412. The minimum Gasteiger partial charge on any atom is -0.495 e. The van der Waals surface area contributed by atoms with Crippen LogP contribution in [0.25, 0.3) is 0 Å². The fraction of sp³-hybridized carbons (Fsp3) is 0.458. The van der Waals surface area contributed by atoms with Gasteiger partial charge in [0.05, 0.1) is 17.7 Å². The van der Waals surface area contributed by atoms with Crippen LogP contribution in [0, 0.1) is 13.8 Å². The number of rotatable bonds is 5. The van der Waals surface area contributed by atoms with Gasteiger partial charge in [0.2, 0.25) is 10.0 Å². The van der Waals surface area contributed by atoms with E-state index in [9.17, 15) is 13.2 Å². The van der Waals surface area contributed by atoms with Gasteiger partial charge in [0.25, 0.3) is 5.91 Å². The number of amides is 1. The molecule has 8 heteroatoms. The van der Waals surface area contributed by atoms with E-state index in [2.05, 4.69) is 4.90 Å². The third-order valence-corrected chi connectivity index (χ3v) is 8.27. The van der Waals surface area contributed by atoms with Gasteiger partial charge in [-0.05, 0) is 56.5 Å². The molecule has 0 unspecified atom stereocenters. The molecular weight excluding hydrogens is 426 g/mol. The summed E-state index contributed by atoms with van der Waals surface area (Å²) in [6, 6.07) is 11.0. The van der Waals surface area contributed by atoms with Crippen molar-refractivity contribution < 1.29 is 17.9 Å². The largest absolute Gasteiger partial charge is 0.495 e. The molecule has 2 fully saturated rings. The number of carbonyl (C=O) groups excluding carboxylic acids is 1. The highest BCUT2D eigenvalue weighted by molar-refractivity contribution is 7.89. The summed E-state index contributed by atoms with van der Waals surface area (Å²) in [6.45, 7) is 7.49. The van der Waals surface area contributed by atoms with Gasteiger partial charge in [-0.15, -0.1) is 0 Å². The van der Waals surface area contributed by atoms with Crippen molar-refractivity contribution in [3.05, 3.63) is 53.1 Å². The van der Waals surface area contributed by atoms with E-state index in [1.807, 2.05) is 36.9 Å². The third-order valence-electron chi connectivity index (χ3n) is 6.37. The summed E-state index contributed by atoms with van der Waals surface area (Å²) >= 11 is 0. The molecule has 0 aromatic heterocycles. The molecule has 2 saturated heterocycles. The predicted molar refractivity (Wildman–Crippen MR) is 125 cm³/mol. The number of piperazine rings is 1. The smallest absolute Gasteiger partial charge is 0.254 e. The lowest BCUT2D eigenvalue weighted by Crippen LogP contribution is -2.49. The van der Waals surface area contributed by atoms with Gasteiger partial charge < -0.3 is 14.5 Å². The molecule has 2 aliphatic heterocycles. The highest BCUT2D eigenvalue weighted by atomic mass is 32.2. The zero-order valence-corrected chi connectivity index (χ0v) is 19.8. The van der Waals surface area contributed by atoms with E-state index in [1.54, 1.807) is 29.6 Å². The van der Waals surface area contributed by atoms with Crippen molar-refractivity contribution in [3.63, 3.8) is 0 Å². The van der Waals surface area contributed by atoms with Crippen LogP contribution in [0.4, 0.5) is 5.69 Å². The summed E-state index contributed by atoms with van der Waals surface area (Å²) in [5.41, 5.74) is 3.62. The molecule has 0 N–H and O–H groups in total. The molecule has 32 heavy (non-hydrogen) atoms. The molecule has 0 spiro atoms. The summed E-state index contributed by atoms with van der Waals surface area (Å²) < 4.78 is 33.2. The molecule has 2 aliphatic rings. The Morgan fingerprint density at radius 2 is 1.59 bits per heavy atom. The van der Waals surface area contributed by atoms with Gasteiger partial charge in [0.15, 0.2) is 0 Å². The molecule has 0 bridgehead atoms. The van der Waals surface area contributed by atoms with Crippen LogP contribution in [0.2, 0.25) is 0 Å². The van der Waals surface area contributed by atoms with E-state index in [-0.39, 0.29) is 5.91 Å². The monoisotopic (exact) mass is 457 g/mol. The normalized spacial score (nSPS) is 17.6. The third kappa shape index (κ3) is 4.34. The first-order valence-corrected chi connectivity index (χ1v) is 12.5. The Bertz CT molecular complexity index is 1100. The highest BCUT2D eigenvalue weighted by Crippen LogP contribution is 2.33. The summed E-state index contributed by atoms with van der Waals surface area (Å²) in [5.74, 6) is 0.680. The first-order valence-electron chi connectivity index (χ1n) is 11.1. The SMILES string of the molecule is COc1ccc(S(=O)(=O)N2CCCC2)cc1N1CCN(C(=O)c2ccc(C)cc2C)CC1. The molecule has 0 saturated carbocycles. The number of anilines is 1. The van der Waals surface area contributed by atoms with Crippen molar-refractivity contribution in [2.24, 2.45) is 0 Å². The molecule has 2 aromatic rings. The van der Waals surface area contributed by atoms with Crippen LogP contribution in [0.5, 0.6) is 5.75 Å². The lowest BCUT2D eigenvalue weighted by atomic mass is 10.0. The van der Waals surface area contributed by atoms with Gasteiger partial charge in [-0.25, -0.2) is 8.42 Å². The number of sulfonamides is 1. The number of ether oxygens (including phenoxy) is 1. The first-order chi connectivity index (χ1) is 15.3. The molecule has 172 valence electrons. The molecule has 2 heterocycles. The van der Waals surface area contributed by atoms with Gasteiger partial charge in [0.1, 0.15) is 5.75 Å². The fourth-order valence-electron chi connectivity index (χ4n) is 4.53. The number of aryl methyl sites for hydroxylation is 2. The zero-order chi connectivity index (χ0) is 22.9. The molecule has 0 radical (unpaired) electrons. The van der Waals surface area contributed by atoms with E-state index in [1.165, 1.54) is 0 Å². The van der Waals surface area contributed by atoms with E-state index in [0.29, 0.717) is 49.9 Å². The van der Waals surface area contributed by atoms with Gasteiger partial charge in [-0.2, -0.15) is 4.31 Å². The van der Waals surface area contributed by atoms with Gasteiger partial charge in [-0.1, -0.05) is 17.7 Å². The zero-order valence-electron chi connectivity index (χ0n) is 19.0. The maximum absolute atomic E-state index is 13.0. The number of nitrogens with zero attached hydrogens (tertiary/aromatic N) is 3. The Kier molecular flexibility index (Phi) is 6.44. The number of hydrogen-bond acceptors (Lipinski definition) is 5. The maximum Gasteiger partial charge on any atom is 0.254 e. The number of carbonyl (C=O) groups is 1. The molecule has 7 nitrogen and oxygen atoms in total. The van der Waals surface area contributed by atoms with Crippen LogP contribution in [-0.2, 0) is 10.0 Å². The molecule has 0 aliphatic carbocycles. The van der Waals surface area contributed by atoms with E-state index >= 15 is 0 Å². The van der Waals surface area contributed by atoms with Crippen molar-refractivity contribution >= 4 is 21.6 Å². The van der Waals surface area contributed by atoms with Gasteiger partial charge in [-0.3, -0.25) is 4.79 Å². The topological polar surface area (TPSA) is 70.2 Å². The summed E-state index contributed by atoms with van der Waals surface area (Å²) in [5, 5.41) is 0. The van der Waals surface area contributed by atoms with Gasteiger partial charge in [0, 0.05) is 44.8 Å². The van der Waals surface area contributed by atoms with Crippen LogP contribution >= 0.6 is 0 Å². The Morgan fingerprint density at radius 1 is 0.906 bits per heavy atom. The quantitative estimate of drug-likeness (QED) is 0.690. The van der Waals surface area contributed by atoms with E-state index < -0.39 is 10.0 Å². The highest BCUT2D eigenvalue weighted by Gasteiger charge is 2.30. The van der Waals surface area contributed by atoms with Crippen molar-refractivity contribution in [3.8, 4) is 5.75 Å². The summed E-state index contributed by atoms with van der Waals surface area (Å²) in [4.78, 5) is 17.3. The molecule has 1 amide bonds. The van der Waals surface area contributed by atoms with Crippen molar-refractivity contribution in [2.75, 3.05) is 51.3 Å². The predicted octanol–water partition coefficient (Wildman–Crippen LogP) is 3.06. The fourth-order valence-corrected chi connectivity index (χ4v) is 6.07. The second kappa shape index (κ2) is 9.11. The molecule has 4 rings (SSSR count).